The first-order valence-electron chi connectivity index (χ1n) is 5.78. The Labute approximate surface area is 121 Å². The number of hydrogen-bond donors (Lipinski definition) is 0. The van der Waals surface area contributed by atoms with Gasteiger partial charge < -0.3 is 9.53 Å². The van der Waals surface area contributed by atoms with Gasteiger partial charge in [-0.3, -0.25) is 0 Å². The lowest BCUT2D eigenvalue weighted by molar-refractivity contribution is -0.107. The van der Waals surface area contributed by atoms with E-state index < -0.39 is 0 Å². The molecule has 2 aromatic rings. The molecule has 0 saturated heterocycles. The van der Waals surface area contributed by atoms with Crippen LogP contribution in [0, 0.1) is 0 Å². The van der Waals surface area contributed by atoms with Gasteiger partial charge in [0.05, 0.1) is 10.0 Å². The van der Waals surface area contributed by atoms with Crippen molar-refractivity contribution in [3.8, 4) is 5.75 Å². The molecule has 0 unspecified atom stereocenters. The van der Waals surface area contributed by atoms with Gasteiger partial charge >= 0.3 is 0 Å². The van der Waals surface area contributed by atoms with E-state index in [4.69, 9.17) is 27.9 Å². The molecule has 0 amide bonds. The molecule has 19 heavy (non-hydrogen) atoms. The van der Waals surface area contributed by atoms with Crippen molar-refractivity contribution in [1.29, 1.82) is 0 Å². The minimum atomic E-state index is 0.421. The van der Waals surface area contributed by atoms with Gasteiger partial charge in [-0.25, -0.2) is 0 Å². The summed E-state index contributed by atoms with van der Waals surface area (Å²) in [6, 6.07) is 12.8. The standard InChI is InChI=1S/C15H12Cl2O2/c16-14-6-3-12(9-15(14)17)10-19-13-4-1-11(2-5-13)7-8-18/h1-6,8-9H,7,10H2. The maximum absolute atomic E-state index is 10.4. The highest BCUT2D eigenvalue weighted by Gasteiger charge is 2.01. The Morgan fingerprint density at radius 2 is 1.63 bits per heavy atom. The highest BCUT2D eigenvalue weighted by atomic mass is 35.5. The first kappa shape index (κ1) is 13.9. The topological polar surface area (TPSA) is 26.3 Å². The Hall–Kier alpha value is -1.51. The Morgan fingerprint density at radius 3 is 2.26 bits per heavy atom. The van der Waals surface area contributed by atoms with Crippen molar-refractivity contribution in [2.75, 3.05) is 0 Å². The van der Waals surface area contributed by atoms with Gasteiger partial charge in [0.15, 0.2) is 0 Å². The van der Waals surface area contributed by atoms with Crippen LogP contribution in [0.5, 0.6) is 5.75 Å². The zero-order chi connectivity index (χ0) is 13.7. The molecular formula is C15H12Cl2O2. The predicted octanol–water partition coefficient (Wildman–Crippen LogP) is 4.31. The van der Waals surface area contributed by atoms with Crippen molar-refractivity contribution in [2.24, 2.45) is 0 Å². The van der Waals surface area contributed by atoms with E-state index in [0.29, 0.717) is 23.1 Å². The Bertz CT molecular complexity index is 565. The molecule has 0 radical (unpaired) electrons. The number of aldehydes is 1. The van der Waals surface area contributed by atoms with Crippen molar-refractivity contribution in [3.63, 3.8) is 0 Å². The molecule has 0 aliphatic rings. The van der Waals surface area contributed by atoms with Crippen molar-refractivity contribution >= 4 is 29.5 Å². The minimum absolute atomic E-state index is 0.421. The third kappa shape index (κ3) is 3.98. The summed E-state index contributed by atoms with van der Waals surface area (Å²) in [5, 5.41) is 1.05. The van der Waals surface area contributed by atoms with E-state index in [1.807, 2.05) is 30.3 Å². The summed E-state index contributed by atoms with van der Waals surface area (Å²) in [5.41, 5.74) is 1.92. The van der Waals surface area contributed by atoms with E-state index in [9.17, 15) is 4.79 Å². The Balaban J connectivity index is 1.97. The third-order valence-electron chi connectivity index (χ3n) is 2.63. The average molecular weight is 295 g/mol. The van der Waals surface area contributed by atoms with E-state index in [1.165, 1.54) is 0 Å². The van der Waals surface area contributed by atoms with Crippen LogP contribution in [-0.4, -0.2) is 6.29 Å². The number of hydrogen-bond acceptors (Lipinski definition) is 2. The summed E-state index contributed by atoms with van der Waals surface area (Å²) < 4.78 is 5.63. The minimum Gasteiger partial charge on any atom is -0.489 e. The first-order chi connectivity index (χ1) is 9.19. The molecule has 4 heteroatoms. The van der Waals surface area contributed by atoms with Crippen molar-refractivity contribution in [2.45, 2.75) is 13.0 Å². The summed E-state index contributed by atoms with van der Waals surface area (Å²) in [4.78, 5) is 10.4. The van der Waals surface area contributed by atoms with Crippen molar-refractivity contribution in [1.82, 2.24) is 0 Å². The maximum Gasteiger partial charge on any atom is 0.124 e. The molecule has 0 fully saturated rings. The molecule has 0 aliphatic carbocycles. The molecule has 2 nitrogen and oxygen atoms in total. The van der Waals surface area contributed by atoms with Crippen LogP contribution in [0.25, 0.3) is 0 Å². The predicted molar refractivity (Wildman–Crippen MR) is 77.0 cm³/mol. The third-order valence-corrected chi connectivity index (χ3v) is 3.37. The van der Waals surface area contributed by atoms with Crippen LogP contribution in [0.15, 0.2) is 42.5 Å². The number of benzene rings is 2. The van der Waals surface area contributed by atoms with Crippen LogP contribution in [-0.2, 0) is 17.8 Å². The quantitative estimate of drug-likeness (QED) is 0.768. The smallest absolute Gasteiger partial charge is 0.124 e. The zero-order valence-electron chi connectivity index (χ0n) is 10.1. The van der Waals surface area contributed by atoms with Crippen molar-refractivity contribution in [3.05, 3.63) is 63.6 Å². The van der Waals surface area contributed by atoms with Crippen LogP contribution in [0.1, 0.15) is 11.1 Å². The van der Waals surface area contributed by atoms with Gasteiger partial charge in [0.25, 0.3) is 0 Å². The fourth-order valence-electron chi connectivity index (χ4n) is 1.61. The van der Waals surface area contributed by atoms with Gasteiger partial charge in [-0.05, 0) is 35.4 Å². The van der Waals surface area contributed by atoms with Gasteiger partial charge in [0.2, 0.25) is 0 Å². The van der Waals surface area contributed by atoms with Gasteiger partial charge in [0, 0.05) is 6.42 Å². The summed E-state index contributed by atoms with van der Waals surface area (Å²) in [5.74, 6) is 0.751. The molecule has 2 aromatic carbocycles. The first-order valence-corrected chi connectivity index (χ1v) is 6.54. The van der Waals surface area contributed by atoms with Crippen molar-refractivity contribution < 1.29 is 9.53 Å². The normalized spacial score (nSPS) is 10.2. The monoisotopic (exact) mass is 294 g/mol. The zero-order valence-corrected chi connectivity index (χ0v) is 11.6. The number of ether oxygens (including phenoxy) is 1. The van der Waals surface area contributed by atoms with E-state index in [2.05, 4.69) is 0 Å². The molecule has 0 bridgehead atoms. The van der Waals surface area contributed by atoms with E-state index in [0.717, 1.165) is 23.2 Å². The van der Waals surface area contributed by atoms with E-state index >= 15 is 0 Å². The lowest BCUT2D eigenvalue weighted by Crippen LogP contribution is -1.95. The largest absolute Gasteiger partial charge is 0.489 e. The van der Waals surface area contributed by atoms with Crippen LogP contribution < -0.4 is 4.74 Å². The molecule has 0 aromatic heterocycles. The van der Waals surface area contributed by atoms with Crippen LogP contribution in [0.2, 0.25) is 10.0 Å². The summed E-state index contributed by atoms with van der Waals surface area (Å²) >= 11 is 11.8. The molecule has 0 aliphatic heterocycles. The molecule has 2 rings (SSSR count). The summed E-state index contributed by atoms with van der Waals surface area (Å²) in [7, 11) is 0. The molecule has 98 valence electrons. The highest BCUT2D eigenvalue weighted by molar-refractivity contribution is 6.42. The van der Waals surface area contributed by atoms with Crippen LogP contribution in [0.3, 0.4) is 0 Å². The molecular weight excluding hydrogens is 283 g/mol. The average Bonchev–Trinajstić information content (AvgIpc) is 2.42. The van der Waals surface area contributed by atoms with Crippen LogP contribution in [0.4, 0.5) is 0 Å². The number of halogens is 2. The van der Waals surface area contributed by atoms with Gasteiger partial charge in [-0.2, -0.15) is 0 Å². The number of carbonyl (C=O) groups is 1. The van der Waals surface area contributed by atoms with Gasteiger partial charge in [-0.15, -0.1) is 0 Å². The SMILES string of the molecule is O=CCc1ccc(OCc2ccc(Cl)c(Cl)c2)cc1. The number of carbonyl (C=O) groups excluding carboxylic acids is 1. The fraction of sp³-hybridized carbons (Fsp3) is 0.133. The van der Waals surface area contributed by atoms with E-state index in [-0.39, 0.29) is 0 Å². The second-order valence-electron chi connectivity index (χ2n) is 4.05. The lowest BCUT2D eigenvalue weighted by Gasteiger charge is -2.07. The van der Waals surface area contributed by atoms with E-state index in [1.54, 1.807) is 12.1 Å². The molecule has 0 heterocycles. The van der Waals surface area contributed by atoms with Gasteiger partial charge in [0.1, 0.15) is 18.6 Å². The highest BCUT2D eigenvalue weighted by Crippen LogP contribution is 2.23. The second-order valence-corrected chi connectivity index (χ2v) is 4.87. The lowest BCUT2D eigenvalue weighted by atomic mass is 10.2. The Kier molecular flexibility index (Phi) is 4.83. The summed E-state index contributed by atoms with van der Waals surface area (Å²) in [6.45, 7) is 0.421. The summed E-state index contributed by atoms with van der Waals surface area (Å²) in [6.07, 6.45) is 1.30. The Morgan fingerprint density at radius 1 is 0.947 bits per heavy atom. The molecule has 0 N–H and O–H groups in total. The second kappa shape index (κ2) is 6.60. The molecule has 0 spiro atoms. The maximum atomic E-state index is 10.4. The number of rotatable bonds is 5. The fourth-order valence-corrected chi connectivity index (χ4v) is 1.93. The van der Waals surface area contributed by atoms with Crippen LogP contribution >= 0.6 is 23.2 Å². The molecule has 0 saturated carbocycles. The van der Waals surface area contributed by atoms with Gasteiger partial charge in [-0.1, -0.05) is 41.4 Å². The molecule has 0 atom stereocenters.